The van der Waals surface area contributed by atoms with Gasteiger partial charge >= 0.3 is 0 Å². The van der Waals surface area contributed by atoms with Crippen molar-refractivity contribution in [3.8, 4) is 11.9 Å². The molecule has 1 rings (SSSR count). The molecule has 1 aromatic heterocycles. The van der Waals surface area contributed by atoms with Crippen LogP contribution in [0, 0.1) is 17.3 Å². The molecule has 0 atom stereocenters. The number of rotatable bonds is 2. The Labute approximate surface area is 77.7 Å². The standard InChI is InChI=1S/C8H5F3N2O/c1-14-8-5(3-12)4(7(10)11)2-6(9)13-8/h2,7H,1H3. The first kappa shape index (κ1) is 10.3. The molecule has 14 heavy (non-hydrogen) atoms. The molecule has 0 aliphatic carbocycles. The zero-order valence-electron chi connectivity index (χ0n) is 7.09. The molecule has 0 spiro atoms. The van der Waals surface area contributed by atoms with Crippen LogP contribution in [0.15, 0.2) is 6.07 Å². The predicted molar refractivity (Wildman–Crippen MR) is 40.4 cm³/mol. The van der Waals surface area contributed by atoms with Crippen LogP contribution in [0.4, 0.5) is 13.2 Å². The number of alkyl halides is 2. The number of ether oxygens (including phenoxy) is 1. The van der Waals surface area contributed by atoms with Gasteiger partial charge in [-0.15, -0.1) is 0 Å². The van der Waals surface area contributed by atoms with Crippen molar-refractivity contribution in [1.29, 1.82) is 5.26 Å². The van der Waals surface area contributed by atoms with E-state index in [1.165, 1.54) is 6.07 Å². The molecule has 0 aliphatic heterocycles. The van der Waals surface area contributed by atoms with Crippen LogP contribution in [0.5, 0.6) is 5.88 Å². The molecule has 0 bridgehead atoms. The van der Waals surface area contributed by atoms with Crippen molar-refractivity contribution in [3.05, 3.63) is 23.1 Å². The summed E-state index contributed by atoms with van der Waals surface area (Å²) >= 11 is 0. The molecule has 0 unspecified atom stereocenters. The Morgan fingerprint density at radius 3 is 2.64 bits per heavy atom. The van der Waals surface area contributed by atoms with E-state index >= 15 is 0 Å². The lowest BCUT2D eigenvalue weighted by Gasteiger charge is -2.06. The minimum atomic E-state index is -2.93. The van der Waals surface area contributed by atoms with E-state index in [1.807, 2.05) is 0 Å². The number of hydrogen-bond acceptors (Lipinski definition) is 3. The number of aromatic nitrogens is 1. The largest absolute Gasteiger partial charge is 0.480 e. The van der Waals surface area contributed by atoms with Crippen molar-refractivity contribution in [2.45, 2.75) is 6.43 Å². The second kappa shape index (κ2) is 3.96. The molecule has 0 aliphatic rings. The number of nitriles is 1. The molecule has 1 heterocycles. The van der Waals surface area contributed by atoms with Gasteiger partial charge in [-0.2, -0.15) is 14.6 Å². The first-order valence-electron chi connectivity index (χ1n) is 3.52. The van der Waals surface area contributed by atoms with E-state index < -0.39 is 29.4 Å². The van der Waals surface area contributed by atoms with Crippen molar-refractivity contribution >= 4 is 0 Å². The Kier molecular flexibility index (Phi) is 2.92. The number of nitrogens with zero attached hydrogens (tertiary/aromatic N) is 2. The lowest BCUT2D eigenvalue weighted by molar-refractivity contribution is 0.149. The van der Waals surface area contributed by atoms with E-state index in [9.17, 15) is 13.2 Å². The summed E-state index contributed by atoms with van der Waals surface area (Å²) < 4.78 is 41.8. The van der Waals surface area contributed by atoms with Crippen molar-refractivity contribution < 1.29 is 17.9 Å². The third kappa shape index (κ3) is 1.76. The smallest absolute Gasteiger partial charge is 0.265 e. The predicted octanol–water partition coefficient (Wildman–Crippen LogP) is 2.04. The third-order valence-corrected chi connectivity index (χ3v) is 1.53. The Balaban J connectivity index is 3.41. The SMILES string of the molecule is COc1nc(F)cc(C(F)F)c1C#N. The second-order valence-corrected chi connectivity index (χ2v) is 2.33. The molecular formula is C8H5F3N2O. The van der Waals surface area contributed by atoms with Gasteiger partial charge in [-0.3, -0.25) is 0 Å². The maximum Gasteiger partial charge on any atom is 0.265 e. The van der Waals surface area contributed by atoms with Gasteiger partial charge in [0.15, 0.2) is 0 Å². The fourth-order valence-corrected chi connectivity index (χ4v) is 0.941. The molecule has 0 N–H and O–H groups in total. The van der Waals surface area contributed by atoms with E-state index in [0.29, 0.717) is 6.07 Å². The Bertz CT molecular complexity index is 387. The quantitative estimate of drug-likeness (QED) is 0.689. The zero-order valence-corrected chi connectivity index (χ0v) is 7.09. The van der Waals surface area contributed by atoms with Gasteiger partial charge in [0.05, 0.1) is 7.11 Å². The van der Waals surface area contributed by atoms with Gasteiger partial charge in [0.1, 0.15) is 11.6 Å². The highest BCUT2D eigenvalue weighted by Crippen LogP contribution is 2.28. The van der Waals surface area contributed by atoms with Gasteiger partial charge in [0.2, 0.25) is 11.8 Å². The summed E-state index contributed by atoms with van der Waals surface area (Å²) in [5.74, 6) is -1.53. The molecule has 0 amide bonds. The van der Waals surface area contributed by atoms with Gasteiger partial charge < -0.3 is 4.74 Å². The van der Waals surface area contributed by atoms with Crippen LogP contribution in [0.1, 0.15) is 17.6 Å². The van der Waals surface area contributed by atoms with Crippen molar-refractivity contribution in [2.75, 3.05) is 7.11 Å². The maximum atomic E-state index is 12.7. The fraction of sp³-hybridized carbons (Fsp3) is 0.250. The summed E-state index contributed by atoms with van der Waals surface area (Å²) in [7, 11) is 1.12. The van der Waals surface area contributed by atoms with E-state index in [-0.39, 0.29) is 0 Å². The number of methoxy groups -OCH3 is 1. The van der Waals surface area contributed by atoms with Gasteiger partial charge in [-0.1, -0.05) is 0 Å². The van der Waals surface area contributed by atoms with Crippen LogP contribution in [0.2, 0.25) is 0 Å². The van der Waals surface area contributed by atoms with Crippen molar-refractivity contribution in [2.24, 2.45) is 0 Å². The monoisotopic (exact) mass is 202 g/mol. The average Bonchev–Trinajstić information content (AvgIpc) is 2.16. The Morgan fingerprint density at radius 1 is 1.57 bits per heavy atom. The first-order chi connectivity index (χ1) is 6.60. The van der Waals surface area contributed by atoms with E-state index in [4.69, 9.17) is 5.26 Å². The molecule has 74 valence electrons. The first-order valence-corrected chi connectivity index (χ1v) is 3.52. The molecule has 0 radical (unpaired) electrons. The van der Waals surface area contributed by atoms with Crippen molar-refractivity contribution in [1.82, 2.24) is 4.98 Å². The van der Waals surface area contributed by atoms with Crippen molar-refractivity contribution in [3.63, 3.8) is 0 Å². The van der Waals surface area contributed by atoms with Crippen LogP contribution in [0.3, 0.4) is 0 Å². The van der Waals surface area contributed by atoms with E-state index in [1.54, 1.807) is 0 Å². The highest BCUT2D eigenvalue weighted by atomic mass is 19.3. The molecular weight excluding hydrogens is 197 g/mol. The minimum absolute atomic E-state index is 0.428. The van der Waals surface area contributed by atoms with Gasteiger partial charge in [-0.05, 0) is 0 Å². The molecule has 6 heteroatoms. The van der Waals surface area contributed by atoms with Crippen LogP contribution >= 0.6 is 0 Å². The highest BCUT2D eigenvalue weighted by Gasteiger charge is 2.19. The highest BCUT2D eigenvalue weighted by molar-refractivity contribution is 5.45. The molecule has 0 fully saturated rings. The van der Waals surface area contributed by atoms with E-state index in [2.05, 4.69) is 9.72 Å². The second-order valence-electron chi connectivity index (χ2n) is 2.33. The van der Waals surface area contributed by atoms with Crippen LogP contribution in [0.25, 0.3) is 0 Å². The number of pyridine rings is 1. The normalized spacial score (nSPS) is 10.0. The lowest BCUT2D eigenvalue weighted by atomic mass is 10.1. The van der Waals surface area contributed by atoms with Crippen LogP contribution < -0.4 is 4.74 Å². The summed E-state index contributed by atoms with van der Waals surface area (Å²) in [6.07, 6.45) is -2.93. The summed E-state index contributed by atoms with van der Waals surface area (Å²) in [5.41, 5.74) is -1.15. The topological polar surface area (TPSA) is 45.9 Å². The number of halogens is 3. The Hall–Kier alpha value is -1.77. The molecule has 1 aromatic rings. The molecule has 0 saturated heterocycles. The summed E-state index contributed by atoms with van der Waals surface area (Å²) in [6.45, 7) is 0. The fourth-order valence-electron chi connectivity index (χ4n) is 0.941. The third-order valence-electron chi connectivity index (χ3n) is 1.53. The minimum Gasteiger partial charge on any atom is -0.480 e. The molecule has 3 nitrogen and oxygen atoms in total. The molecule has 0 aromatic carbocycles. The molecule has 0 saturated carbocycles. The maximum absolute atomic E-state index is 12.7. The lowest BCUT2D eigenvalue weighted by Crippen LogP contribution is -2.00. The Morgan fingerprint density at radius 2 is 2.21 bits per heavy atom. The number of hydrogen-bond donors (Lipinski definition) is 0. The van der Waals surface area contributed by atoms with E-state index in [0.717, 1.165) is 7.11 Å². The average molecular weight is 202 g/mol. The van der Waals surface area contributed by atoms with Crippen LogP contribution in [-0.4, -0.2) is 12.1 Å². The van der Waals surface area contributed by atoms with Gasteiger partial charge in [-0.25, -0.2) is 8.78 Å². The summed E-state index contributed by atoms with van der Waals surface area (Å²) in [6, 6.07) is 2.01. The summed E-state index contributed by atoms with van der Waals surface area (Å²) in [5, 5.41) is 8.54. The van der Waals surface area contributed by atoms with Crippen LogP contribution in [-0.2, 0) is 0 Å². The van der Waals surface area contributed by atoms with Gasteiger partial charge in [0.25, 0.3) is 6.43 Å². The van der Waals surface area contributed by atoms with Gasteiger partial charge in [0, 0.05) is 11.6 Å². The zero-order chi connectivity index (χ0) is 10.7. The summed E-state index contributed by atoms with van der Waals surface area (Å²) in [4.78, 5) is 3.16.